The van der Waals surface area contributed by atoms with E-state index in [1.165, 1.54) is 6.92 Å². The lowest BCUT2D eigenvalue weighted by Gasteiger charge is -2.23. The molecule has 0 saturated heterocycles. The highest BCUT2D eigenvalue weighted by molar-refractivity contribution is 5.75. The summed E-state index contributed by atoms with van der Waals surface area (Å²) in [6.45, 7) is 4.46. The number of amides is 1. The fraction of sp³-hybridized carbons (Fsp3) is 0.467. The first-order valence-electron chi connectivity index (χ1n) is 7.16. The van der Waals surface area contributed by atoms with E-state index in [-0.39, 0.29) is 13.1 Å². The maximum Gasteiger partial charge on any atom is 0.435 e. The molecular weight excluding hydrogens is 327 g/mol. The van der Waals surface area contributed by atoms with Gasteiger partial charge in [-0.05, 0) is 32.9 Å². The molecule has 0 aliphatic heterocycles. The zero-order chi connectivity index (χ0) is 18.1. The van der Waals surface area contributed by atoms with Crippen molar-refractivity contribution in [3.05, 3.63) is 41.1 Å². The molecule has 24 heavy (non-hydrogen) atoms. The summed E-state index contributed by atoms with van der Waals surface area (Å²) in [7, 11) is 0. The lowest BCUT2D eigenvalue weighted by Crippen LogP contribution is -2.40. The minimum atomic E-state index is -4.55. The Labute approximate surface area is 136 Å². The Morgan fingerprint density at radius 2 is 2.08 bits per heavy atom. The van der Waals surface area contributed by atoms with Gasteiger partial charge in [0.2, 0.25) is 5.91 Å². The van der Waals surface area contributed by atoms with Gasteiger partial charge in [-0.2, -0.15) is 18.3 Å². The Balaban J connectivity index is 1.95. The number of hydrogen-bond donors (Lipinski definition) is 2. The van der Waals surface area contributed by atoms with Crippen LogP contribution in [-0.2, 0) is 23.1 Å². The van der Waals surface area contributed by atoms with Crippen LogP contribution < -0.4 is 5.32 Å². The van der Waals surface area contributed by atoms with Crippen molar-refractivity contribution in [1.82, 2.24) is 15.1 Å². The molecule has 2 aromatic heterocycles. The number of aromatic nitrogens is 2. The first-order valence-corrected chi connectivity index (χ1v) is 7.16. The average Bonchev–Trinajstić information content (AvgIpc) is 3.03. The number of carbonyl (C=O) groups is 1. The number of rotatable bonds is 5. The predicted octanol–water partition coefficient (Wildman–Crippen LogP) is 2.14. The third-order valence-corrected chi connectivity index (χ3v) is 3.49. The SMILES string of the molecule is Cc1cc([C@@](C)(O)CNC(=O)Cn2ccc(C(F)(F)F)n2)c(C)o1. The largest absolute Gasteiger partial charge is 0.466 e. The van der Waals surface area contributed by atoms with E-state index in [4.69, 9.17) is 4.42 Å². The van der Waals surface area contributed by atoms with Gasteiger partial charge in [-0.3, -0.25) is 9.48 Å². The molecule has 2 aromatic rings. The van der Waals surface area contributed by atoms with Gasteiger partial charge in [0.15, 0.2) is 5.69 Å². The van der Waals surface area contributed by atoms with Crippen molar-refractivity contribution in [2.45, 2.75) is 39.1 Å². The van der Waals surface area contributed by atoms with Gasteiger partial charge < -0.3 is 14.8 Å². The maximum atomic E-state index is 12.5. The summed E-state index contributed by atoms with van der Waals surface area (Å²) < 4.78 is 43.6. The second-order valence-corrected chi connectivity index (χ2v) is 5.77. The Morgan fingerprint density at radius 1 is 1.42 bits per heavy atom. The van der Waals surface area contributed by atoms with Crippen molar-refractivity contribution >= 4 is 5.91 Å². The van der Waals surface area contributed by atoms with Crippen molar-refractivity contribution in [1.29, 1.82) is 0 Å². The van der Waals surface area contributed by atoms with Crippen molar-refractivity contribution in [2.75, 3.05) is 6.54 Å². The van der Waals surface area contributed by atoms with Crippen molar-refractivity contribution < 1.29 is 27.5 Å². The molecule has 9 heteroatoms. The van der Waals surface area contributed by atoms with Crippen LogP contribution in [0.5, 0.6) is 0 Å². The number of aryl methyl sites for hydroxylation is 2. The van der Waals surface area contributed by atoms with E-state index < -0.39 is 23.4 Å². The Kier molecular flexibility index (Phi) is 4.75. The second-order valence-electron chi connectivity index (χ2n) is 5.77. The van der Waals surface area contributed by atoms with E-state index in [1.54, 1.807) is 19.9 Å². The molecule has 0 spiro atoms. The highest BCUT2D eigenvalue weighted by Crippen LogP contribution is 2.27. The molecule has 0 bridgehead atoms. The van der Waals surface area contributed by atoms with E-state index in [1.807, 2.05) is 0 Å². The summed E-state index contributed by atoms with van der Waals surface area (Å²) in [4.78, 5) is 11.9. The van der Waals surface area contributed by atoms with Crippen LogP contribution in [0.15, 0.2) is 22.7 Å². The van der Waals surface area contributed by atoms with Gasteiger partial charge in [0.25, 0.3) is 0 Å². The highest BCUT2D eigenvalue weighted by atomic mass is 19.4. The summed E-state index contributed by atoms with van der Waals surface area (Å²) in [5, 5.41) is 16.2. The number of furan rings is 1. The lowest BCUT2D eigenvalue weighted by molar-refractivity contribution is -0.141. The van der Waals surface area contributed by atoms with Gasteiger partial charge in [0.05, 0.1) is 6.54 Å². The van der Waals surface area contributed by atoms with Crippen LogP contribution in [0.25, 0.3) is 0 Å². The van der Waals surface area contributed by atoms with Gasteiger partial charge in [-0.1, -0.05) is 0 Å². The number of hydrogen-bond acceptors (Lipinski definition) is 4. The quantitative estimate of drug-likeness (QED) is 0.870. The lowest BCUT2D eigenvalue weighted by atomic mass is 9.96. The Bertz CT molecular complexity index is 732. The smallest absolute Gasteiger partial charge is 0.435 e. The number of aliphatic hydroxyl groups is 1. The molecule has 132 valence electrons. The van der Waals surface area contributed by atoms with Crippen LogP contribution in [0.2, 0.25) is 0 Å². The maximum absolute atomic E-state index is 12.5. The third kappa shape index (κ3) is 4.16. The minimum absolute atomic E-state index is 0.112. The normalized spacial score (nSPS) is 14.5. The van der Waals surface area contributed by atoms with Gasteiger partial charge in [0.1, 0.15) is 23.7 Å². The molecule has 0 aliphatic carbocycles. The third-order valence-electron chi connectivity index (χ3n) is 3.49. The molecule has 0 fully saturated rings. The summed E-state index contributed by atoms with van der Waals surface area (Å²) in [6.07, 6.45) is -3.48. The summed E-state index contributed by atoms with van der Waals surface area (Å²) in [5.41, 5.74) is -1.88. The highest BCUT2D eigenvalue weighted by Gasteiger charge is 2.33. The predicted molar refractivity (Wildman–Crippen MR) is 78.0 cm³/mol. The molecule has 6 nitrogen and oxygen atoms in total. The molecule has 0 radical (unpaired) electrons. The van der Waals surface area contributed by atoms with Crippen LogP contribution in [0.1, 0.15) is 29.7 Å². The molecule has 1 amide bonds. The van der Waals surface area contributed by atoms with E-state index in [0.29, 0.717) is 17.1 Å². The molecule has 2 N–H and O–H groups in total. The zero-order valence-corrected chi connectivity index (χ0v) is 13.4. The number of nitrogens with one attached hydrogen (secondary N) is 1. The summed E-state index contributed by atoms with van der Waals surface area (Å²) >= 11 is 0. The monoisotopic (exact) mass is 345 g/mol. The van der Waals surface area contributed by atoms with Gasteiger partial charge in [0, 0.05) is 11.8 Å². The summed E-state index contributed by atoms with van der Waals surface area (Å²) in [6, 6.07) is 2.46. The van der Waals surface area contributed by atoms with Crippen molar-refractivity contribution in [2.24, 2.45) is 0 Å². The molecule has 1 atom stereocenters. The molecule has 0 aromatic carbocycles. The van der Waals surface area contributed by atoms with Crippen molar-refractivity contribution in [3.63, 3.8) is 0 Å². The van der Waals surface area contributed by atoms with Gasteiger partial charge in [-0.15, -0.1) is 0 Å². The Morgan fingerprint density at radius 3 is 2.58 bits per heavy atom. The van der Waals surface area contributed by atoms with E-state index in [2.05, 4.69) is 10.4 Å². The topological polar surface area (TPSA) is 80.3 Å². The first-order chi connectivity index (χ1) is 11.0. The number of halogens is 3. The molecule has 0 aliphatic rings. The van der Waals surface area contributed by atoms with Crippen LogP contribution in [0, 0.1) is 13.8 Å². The first kappa shape index (κ1) is 18.1. The van der Waals surface area contributed by atoms with Gasteiger partial charge >= 0.3 is 6.18 Å². The van der Waals surface area contributed by atoms with Gasteiger partial charge in [-0.25, -0.2) is 0 Å². The van der Waals surface area contributed by atoms with Crippen molar-refractivity contribution in [3.8, 4) is 0 Å². The fourth-order valence-corrected chi connectivity index (χ4v) is 2.34. The number of carbonyl (C=O) groups excluding carboxylic acids is 1. The van der Waals surface area contributed by atoms with Crippen LogP contribution >= 0.6 is 0 Å². The summed E-state index contributed by atoms with van der Waals surface area (Å²) in [5.74, 6) is 0.601. The molecular formula is C15H18F3N3O3. The van der Waals surface area contributed by atoms with E-state index in [0.717, 1.165) is 16.9 Å². The zero-order valence-electron chi connectivity index (χ0n) is 13.4. The average molecular weight is 345 g/mol. The standard InChI is InChI=1S/C15H18F3N3O3/c1-9-6-11(10(2)24-9)14(3,23)8-19-13(22)7-21-5-4-12(20-21)15(16,17)18/h4-6,23H,7-8H2,1-3H3,(H,19,22)/t14-/m0/s1. The molecule has 2 heterocycles. The van der Waals surface area contributed by atoms with Crippen LogP contribution in [0.3, 0.4) is 0 Å². The van der Waals surface area contributed by atoms with E-state index >= 15 is 0 Å². The minimum Gasteiger partial charge on any atom is -0.466 e. The number of alkyl halides is 3. The molecule has 0 unspecified atom stereocenters. The number of nitrogens with zero attached hydrogens (tertiary/aromatic N) is 2. The second kappa shape index (κ2) is 6.31. The van der Waals surface area contributed by atoms with Crippen LogP contribution in [0.4, 0.5) is 13.2 Å². The molecule has 2 rings (SSSR count). The van der Waals surface area contributed by atoms with Crippen LogP contribution in [-0.4, -0.2) is 27.3 Å². The van der Waals surface area contributed by atoms with E-state index in [9.17, 15) is 23.1 Å². The fourth-order valence-electron chi connectivity index (χ4n) is 2.34. The molecule has 0 saturated carbocycles. The Hall–Kier alpha value is -2.29.